The van der Waals surface area contributed by atoms with Gasteiger partial charge < -0.3 is 9.47 Å². The minimum atomic E-state index is -0.394. The number of unbranched alkanes of at least 4 members (excludes halogenated alkanes) is 3. The molecule has 0 bridgehead atoms. The van der Waals surface area contributed by atoms with Crippen molar-refractivity contribution in [3.63, 3.8) is 0 Å². The van der Waals surface area contributed by atoms with Gasteiger partial charge in [-0.1, -0.05) is 32.8 Å². The van der Waals surface area contributed by atoms with E-state index in [-0.39, 0.29) is 0 Å². The zero-order valence-corrected chi connectivity index (χ0v) is 10.3. The van der Waals surface area contributed by atoms with Gasteiger partial charge in [-0.3, -0.25) is 0 Å². The molecule has 0 atom stereocenters. The van der Waals surface area contributed by atoms with Crippen molar-refractivity contribution in [1.82, 2.24) is 0 Å². The summed E-state index contributed by atoms with van der Waals surface area (Å²) in [7, 11) is 1.31. The Morgan fingerprint density at radius 2 is 1.93 bits per heavy atom. The van der Waals surface area contributed by atoms with Crippen molar-refractivity contribution in [2.45, 2.75) is 39.5 Å². The highest BCUT2D eigenvalue weighted by Crippen LogP contribution is 1.98. The van der Waals surface area contributed by atoms with Crippen LogP contribution in [0, 0.1) is 0 Å². The predicted molar refractivity (Wildman–Crippen MR) is 62.8 cm³/mol. The molecule has 0 aliphatic rings. The lowest BCUT2D eigenvalue weighted by molar-refractivity contribution is -0.134. The molecule has 0 rings (SSSR count). The summed E-state index contributed by atoms with van der Waals surface area (Å²) in [5.41, 5.74) is 0. The summed E-state index contributed by atoms with van der Waals surface area (Å²) in [6.45, 7) is 9.24. The average molecular weight is 216 g/mol. The Bertz CT molecular complexity index is 138. The van der Waals surface area contributed by atoms with Crippen LogP contribution in [0.25, 0.3) is 0 Å². The van der Waals surface area contributed by atoms with E-state index in [1.807, 2.05) is 6.92 Å². The first-order valence-corrected chi connectivity index (χ1v) is 5.50. The molecule has 3 heteroatoms. The number of hydrogen-bond acceptors (Lipinski definition) is 3. The maximum atomic E-state index is 9.84. The quantitative estimate of drug-likeness (QED) is 0.373. The van der Waals surface area contributed by atoms with Gasteiger partial charge in [0.15, 0.2) is 0 Å². The fraction of sp³-hybridized carbons (Fsp3) is 0.750. The van der Waals surface area contributed by atoms with Crippen LogP contribution in [0.4, 0.5) is 0 Å². The molecular weight excluding hydrogens is 192 g/mol. The van der Waals surface area contributed by atoms with E-state index in [1.165, 1.54) is 32.8 Å². The van der Waals surface area contributed by atoms with Crippen molar-refractivity contribution in [3.8, 4) is 0 Å². The number of esters is 1. The smallest absolute Gasteiger partial charge is 0.329 e. The lowest BCUT2D eigenvalue weighted by Crippen LogP contribution is -1.92. The SMILES string of the molecule is C=CC(=O)OC.CCCCCCOCC. The van der Waals surface area contributed by atoms with E-state index in [0.717, 1.165) is 19.3 Å². The average Bonchev–Trinajstić information content (AvgIpc) is 2.29. The van der Waals surface area contributed by atoms with Crippen LogP contribution < -0.4 is 0 Å². The molecule has 0 aliphatic heterocycles. The van der Waals surface area contributed by atoms with Gasteiger partial charge in [-0.05, 0) is 13.3 Å². The van der Waals surface area contributed by atoms with Crippen molar-refractivity contribution in [3.05, 3.63) is 12.7 Å². The number of hydrogen-bond donors (Lipinski definition) is 0. The summed E-state index contributed by atoms with van der Waals surface area (Å²) < 4.78 is 9.32. The molecule has 0 aromatic carbocycles. The zero-order chi connectivity index (χ0) is 11.9. The third kappa shape index (κ3) is 19.5. The third-order valence-electron chi connectivity index (χ3n) is 1.71. The van der Waals surface area contributed by atoms with E-state index in [1.54, 1.807) is 0 Å². The van der Waals surface area contributed by atoms with Crippen LogP contribution in [0.3, 0.4) is 0 Å². The molecule has 0 unspecified atom stereocenters. The molecule has 3 nitrogen and oxygen atoms in total. The van der Waals surface area contributed by atoms with Gasteiger partial charge in [0.25, 0.3) is 0 Å². The Balaban J connectivity index is 0. The summed E-state index contributed by atoms with van der Waals surface area (Å²) in [5.74, 6) is -0.394. The third-order valence-corrected chi connectivity index (χ3v) is 1.71. The van der Waals surface area contributed by atoms with Crippen LogP contribution >= 0.6 is 0 Å². The summed E-state index contributed by atoms with van der Waals surface area (Å²) in [6.07, 6.45) is 6.34. The highest BCUT2D eigenvalue weighted by atomic mass is 16.5. The van der Waals surface area contributed by atoms with Crippen LogP contribution in [0.5, 0.6) is 0 Å². The molecule has 0 saturated heterocycles. The Morgan fingerprint density at radius 3 is 2.27 bits per heavy atom. The number of carbonyl (C=O) groups is 1. The van der Waals surface area contributed by atoms with Crippen molar-refractivity contribution < 1.29 is 14.3 Å². The maximum Gasteiger partial charge on any atom is 0.329 e. The zero-order valence-electron chi connectivity index (χ0n) is 10.3. The maximum absolute atomic E-state index is 9.84. The summed E-state index contributed by atoms with van der Waals surface area (Å²) in [5, 5.41) is 0. The second kappa shape index (κ2) is 15.6. The minimum Gasteiger partial charge on any atom is -0.466 e. The van der Waals surface area contributed by atoms with Gasteiger partial charge in [-0.2, -0.15) is 0 Å². The normalized spacial score (nSPS) is 8.73. The van der Waals surface area contributed by atoms with Crippen molar-refractivity contribution >= 4 is 5.97 Å². The number of rotatable bonds is 7. The second-order valence-corrected chi connectivity index (χ2v) is 2.98. The largest absolute Gasteiger partial charge is 0.466 e. The van der Waals surface area contributed by atoms with Crippen LogP contribution in [0.2, 0.25) is 0 Å². The van der Waals surface area contributed by atoms with Gasteiger partial charge in [-0.15, -0.1) is 0 Å². The lowest BCUT2D eigenvalue weighted by atomic mass is 10.2. The minimum absolute atomic E-state index is 0.394. The molecule has 0 radical (unpaired) electrons. The first-order valence-electron chi connectivity index (χ1n) is 5.50. The van der Waals surface area contributed by atoms with Crippen molar-refractivity contribution in [2.24, 2.45) is 0 Å². The molecule has 0 spiro atoms. The number of methoxy groups -OCH3 is 1. The summed E-state index contributed by atoms with van der Waals surface area (Å²) >= 11 is 0. The topological polar surface area (TPSA) is 35.5 Å². The molecular formula is C12H24O3. The monoisotopic (exact) mass is 216 g/mol. The molecule has 15 heavy (non-hydrogen) atoms. The molecule has 0 aliphatic carbocycles. The Labute approximate surface area is 93.5 Å². The predicted octanol–water partition coefficient (Wildman–Crippen LogP) is 2.95. The molecule has 0 N–H and O–H groups in total. The summed E-state index contributed by atoms with van der Waals surface area (Å²) in [4.78, 5) is 9.84. The van der Waals surface area contributed by atoms with E-state index in [4.69, 9.17) is 4.74 Å². The molecule has 0 amide bonds. The number of ether oxygens (including phenoxy) is 2. The van der Waals surface area contributed by atoms with Crippen LogP contribution in [0.15, 0.2) is 12.7 Å². The Kier molecular flexibility index (Phi) is 17.3. The van der Waals surface area contributed by atoms with Gasteiger partial charge in [0.2, 0.25) is 0 Å². The van der Waals surface area contributed by atoms with E-state index in [9.17, 15) is 4.79 Å². The van der Waals surface area contributed by atoms with Crippen molar-refractivity contribution in [1.29, 1.82) is 0 Å². The Hall–Kier alpha value is -0.830. The molecule has 0 aromatic rings. The van der Waals surface area contributed by atoms with Crippen molar-refractivity contribution in [2.75, 3.05) is 20.3 Å². The highest BCUT2D eigenvalue weighted by Gasteiger charge is 1.85. The van der Waals surface area contributed by atoms with E-state index >= 15 is 0 Å². The van der Waals surface area contributed by atoms with Gasteiger partial charge >= 0.3 is 5.97 Å². The van der Waals surface area contributed by atoms with Crippen LogP contribution in [-0.2, 0) is 14.3 Å². The molecule has 0 aromatic heterocycles. The van der Waals surface area contributed by atoms with Crippen LogP contribution in [-0.4, -0.2) is 26.3 Å². The number of carbonyl (C=O) groups excluding carboxylic acids is 1. The first-order chi connectivity index (χ1) is 7.22. The molecule has 90 valence electrons. The molecule has 0 fully saturated rings. The van der Waals surface area contributed by atoms with E-state index in [2.05, 4.69) is 18.2 Å². The van der Waals surface area contributed by atoms with Crippen LogP contribution in [0.1, 0.15) is 39.5 Å². The summed E-state index contributed by atoms with van der Waals surface area (Å²) in [6, 6.07) is 0. The molecule has 0 saturated carbocycles. The lowest BCUT2D eigenvalue weighted by Gasteiger charge is -1.98. The van der Waals surface area contributed by atoms with E-state index in [0.29, 0.717) is 0 Å². The van der Waals surface area contributed by atoms with E-state index < -0.39 is 5.97 Å². The fourth-order valence-corrected chi connectivity index (χ4v) is 0.859. The highest BCUT2D eigenvalue weighted by molar-refractivity contribution is 5.80. The first kappa shape index (κ1) is 16.6. The fourth-order valence-electron chi connectivity index (χ4n) is 0.859. The van der Waals surface area contributed by atoms with Gasteiger partial charge in [-0.25, -0.2) is 4.79 Å². The molecule has 0 heterocycles. The Morgan fingerprint density at radius 1 is 1.27 bits per heavy atom. The standard InChI is InChI=1S/C8H18O.C4H6O2/c1-3-5-6-7-8-9-4-2;1-3-4(5)6-2/h3-8H2,1-2H3;3H,1H2,2H3. The van der Waals surface area contributed by atoms with Gasteiger partial charge in [0.05, 0.1) is 7.11 Å². The van der Waals surface area contributed by atoms with Gasteiger partial charge in [0.1, 0.15) is 0 Å². The second-order valence-electron chi connectivity index (χ2n) is 2.98. The van der Waals surface area contributed by atoms with Gasteiger partial charge in [0, 0.05) is 19.3 Å².